The van der Waals surface area contributed by atoms with Gasteiger partial charge in [-0.05, 0) is 71.1 Å². The fourth-order valence-electron chi connectivity index (χ4n) is 5.84. The molecule has 0 spiro atoms. The van der Waals surface area contributed by atoms with Crippen molar-refractivity contribution >= 4 is 16.5 Å². The average molecular weight is 522 g/mol. The highest BCUT2D eigenvalue weighted by Gasteiger charge is 2.31. The zero-order chi connectivity index (χ0) is 26.8. The minimum atomic E-state index is 0.372. The Morgan fingerprint density at radius 3 is 2.23 bits per heavy atom. The lowest BCUT2D eigenvalue weighted by atomic mass is 9.93. The molecule has 0 aliphatic carbocycles. The highest BCUT2D eigenvalue weighted by Crippen LogP contribution is 2.36. The molecule has 0 unspecified atom stereocenters. The lowest BCUT2D eigenvalue weighted by Gasteiger charge is -2.39. The van der Waals surface area contributed by atoms with Crippen molar-refractivity contribution in [1.29, 1.82) is 0 Å². The fourth-order valence-corrected chi connectivity index (χ4v) is 5.84. The zero-order valence-electron chi connectivity index (χ0n) is 22.9. The van der Waals surface area contributed by atoms with Gasteiger partial charge < -0.3 is 14.2 Å². The van der Waals surface area contributed by atoms with Crippen LogP contribution in [0.4, 0.5) is 0 Å². The summed E-state index contributed by atoms with van der Waals surface area (Å²) in [5.41, 5.74) is 5.55. The number of ether oxygens (including phenoxy) is 3. The summed E-state index contributed by atoms with van der Waals surface area (Å²) in [4.78, 5) is 2.57. The Morgan fingerprint density at radius 2 is 1.51 bits per heavy atom. The number of methoxy groups -OCH3 is 3. The van der Waals surface area contributed by atoms with Crippen LogP contribution in [-0.2, 0) is 13.1 Å². The number of fused-ring (bicyclic) bond motifs is 2. The first kappa shape index (κ1) is 25.3. The van der Waals surface area contributed by atoms with Crippen LogP contribution >= 0.6 is 0 Å². The summed E-state index contributed by atoms with van der Waals surface area (Å²) in [6, 6.07) is 28.0. The van der Waals surface area contributed by atoms with Crippen LogP contribution in [0.3, 0.4) is 0 Å². The van der Waals surface area contributed by atoms with Gasteiger partial charge in [0.05, 0.1) is 27.9 Å². The van der Waals surface area contributed by atoms with Crippen LogP contribution in [0.1, 0.15) is 35.1 Å². The number of likely N-dealkylation sites (tertiary alicyclic amines) is 1. The van der Waals surface area contributed by atoms with Gasteiger partial charge in [0.1, 0.15) is 23.0 Å². The van der Waals surface area contributed by atoms with E-state index in [9.17, 15) is 0 Å². The van der Waals surface area contributed by atoms with Crippen molar-refractivity contribution < 1.29 is 14.2 Å². The molecule has 0 atom stereocenters. The maximum Gasteiger partial charge on any atom is 0.132 e. The number of benzene rings is 4. The molecule has 0 aromatic heterocycles. The van der Waals surface area contributed by atoms with Gasteiger partial charge in [-0.2, -0.15) is 5.10 Å². The van der Waals surface area contributed by atoms with E-state index in [4.69, 9.17) is 19.3 Å². The number of nitrogens with zero attached hydrogens (tertiary/aromatic N) is 3. The van der Waals surface area contributed by atoms with Crippen LogP contribution in [0, 0.1) is 0 Å². The minimum Gasteiger partial charge on any atom is -0.497 e. The molecule has 4 aromatic rings. The average Bonchev–Trinajstić information content (AvgIpc) is 3.00. The van der Waals surface area contributed by atoms with Crippen molar-refractivity contribution in [1.82, 2.24) is 9.91 Å². The second-order valence-corrected chi connectivity index (χ2v) is 10.3. The van der Waals surface area contributed by atoms with Crippen molar-refractivity contribution in [2.75, 3.05) is 34.4 Å². The van der Waals surface area contributed by atoms with E-state index in [-0.39, 0.29) is 0 Å². The summed E-state index contributed by atoms with van der Waals surface area (Å²) < 4.78 is 16.8. The van der Waals surface area contributed by atoms with Crippen LogP contribution in [0.2, 0.25) is 0 Å². The van der Waals surface area contributed by atoms with Crippen LogP contribution < -0.4 is 14.2 Å². The molecule has 0 bridgehead atoms. The molecular formula is C33H35N3O3. The van der Waals surface area contributed by atoms with Gasteiger partial charge >= 0.3 is 0 Å². The van der Waals surface area contributed by atoms with Gasteiger partial charge in [0, 0.05) is 42.9 Å². The number of hydrogen-bond donors (Lipinski definition) is 0. The largest absolute Gasteiger partial charge is 0.497 e. The van der Waals surface area contributed by atoms with Gasteiger partial charge in [0.2, 0.25) is 0 Å². The summed E-state index contributed by atoms with van der Waals surface area (Å²) in [6.45, 7) is 3.82. The number of hydrazone groups is 1. The third-order valence-corrected chi connectivity index (χ3v) is 7.97. The molecule has 2 heterocycles. The van der Waals surface area contributed by atoms with Gasteiger partial charge in [0.15, 0.2) is 0 Å². The fraction of sp³-hybridized carbons (Fsp3) is 0.303. The Morgan fingerprint density at radius 1 is 0.769 bits per heavy atom. The molecule has 39 heavy (non-hydrogen) atoms. The SMILES string of the molecule is COc1ccc(C2=NN(C3CCN(Cc4ccc5ccccc5c4)CC3)Cc3cc(OC)cc(OC)c32)cc1. The topological polar surface area (TPSA) is 46.5 Å². The van der Waals surface area contributed by atoms with E-state index in [0.29, 0.717) is 6.04 Å². The van der Waals surface area contributed by atoms with E-state index >= 15 is 0 Å². The summed E-state index contributed by atoms with van der Waals surface area (Å²) in [5.74, 6) is 2.41. The lowest BCUT2D eigenvalue weighted by molar-refractivity contribution is 0.100. The number of rotatable bonds is 7. The van der Waals surface area contributed by atoms with Crippen molar-refractivity contribution in [3.05, 3.63) is 101 Å². The molecule has 0 saturated carbocycles. The molecule has 4 aromatic carbocycles. The van der Waals surface area contributed by atoms with Gasteiger partial charge in [-0.1, -0.05) is 36.4 Å². The van der Waals surface area contributed by atoms with Gasteiger partial charge in [-0.25, -0.2) is 0 Å². The molecule has 1 fully saturated rings. The first-order valence-electron chi connectivity index (χ1n) is 13.6. The Kier molecular flexibility index (Phi) is 7.12. The third kappa shape index (κ3) is 5.17. The predicted molar refractivity (Wildman–Crippen MR) is 156 cm³/mol. The molecule has 6 heteroatoms. The van der Waals surface area contributed by atoms with E-state index in [1.807, 2.05) is 18.2 Å². The molecule has 1 saturated heterocycles. The second kappa shape index (κ2) is 11.0. The summed E-state index contributed by atoms with van der Waals surface area (Å²) in [6.07, 6.45) is 2.15. The number of piperidine rings is 1. The Labute approximate surface area is 230 Å². The second-order valence-electron chi connectivity index (χ2n) is 10.3. The van der Waals surface area contributed by atoms with E-state index in [0.717, 1.165) is 73.1 Å². The van der Waals surface area contributed by atoms with E-state index in [1.54, 1.807) is 21.3 Å². The molecule has 0 radical (unpaired) electrons. The van der Waals surface area contributed by atoms with Crippen LogP contribution in [0.15, 0.2) is 84.0 Å². The summed E-state index contributed by atoms with van der Waals surface area (Å²) in [5, 5.41) is 10.1. The molecule has 2 aliphatic heterocycles. The first-order chi connectivity index (χ1) is 19.1. The Hall–Kier alpha value is -4.03. The van der Waals surface area contributed by atoms with Crippen LogP contribution in [0.25, 0.3) is 10.8 Å². The van der Waals surface area contributed by atoms with Crippen LogP contribution in [-0.4, -0.2) is 56.1 Å². The van der Waals surface area contributed by atoms with Crippen molar-refractivity contribution in [2.45, 2.75) is 32.0 Å². The third-order valence-electron chi connectivity index (χ3n) is 7.97. The van der Waals surface area contributed by atoms with Gasteiger partial charge in [0.25, 0.3) is 0 Å². The normalized spacial score (nSPS) is 16.1. The molecule has 200 valence electrons. The van der Waals surface area contributed by atoms with Gasteiger partial charge in [-0.3, -0.25) is 9.91 Å². The first-order valence-corrected chi connectivity index (χ1v) is 13.6. The zero-order valence-corrected chi connectivity index (χ0v) is 22.9. The molecule has 2 aliphatic rings. The van der Waals surface area contributed by atoms with Gasteiger partial charge in [-0.15, -0.1) is 0 Å². The monoisotopic (exact) mass is 521 g/mol. The maximum absolute atomic E-state index is 5.82. The quantitative estimate of drug-likeness (QED) is 0.294. The molecule has 6 rings (SSSR count). The standard InChI is InChI=1S/C33H35N3O3/c1-37-29-12-10-25(11-13-29)33-32-27(19-30(38-2)20-31(32)39-3)22-36(34-33)28-14-16-35(17-15-28)21-23-8-9-24-6-4-5-7-26(24)18-23/h4-13,18-20,28H,14-17,21-22H2,1-3H3. The molecule has 0 amide bonds. The summed E-state index contributed by atoms with van der Waals surface area (Å²) >= 11 is 0. The van der Waals surface area contributed by atoms with Crippen molar-refractivity contribution in [3.8, 4) is 17.2 Å². The number of hydrogen-bond acceptors (Lipinski definition) is 6. The molecule has 6 nitrogen and oxygen atoms in total. The van der Waals surface area contributed by atoms with Crippen molar-refractivity contribution in [3.63, 3.8) is 0 Å². The van der Waals surface area contributed by atoms with Crippen molar-refractivity contribution in [2.24, 2.45) is 5.10 Å². The Balaban J connectivity index is 1.23. The minimum absolute atomic E-state index is 0.372. The lowest BCUT2D eigenvalue weighted by Crippen LogP contribution is -2.44. The highest BCUT2D eigenvalue weighted by molar-refractivity contribution is 6.15. The molecular weight excluding hydrogens is 486 g/mol. The van der Waals surface area contributed by atoms with E-state index < -0.39 is 0 Å². The van der Waals surface area contributed by atoms with Crippen LogP contribution in [0.5, 0.6) is 17.2 Å². The summed E-state index contributed by atoms with van der Waals surface area (Å²) in [7, 11) is 5.09. The van der Waals surface area contributed by atoms with E-state index in [2.05, 4.69) is 70.6 Å². The molecule has 0 N–H and O–H groups in total. The highest BCUT2D eigenvalue weighted by atomic mass is 16.5. The predicted octanol–water partition coefficient (Wildman–Crippen LogP) is 6.10. The maximum atomic E-state index is 5.82. The van der Waals surface area contributed by atoms with E-state index in [1.165, 1.54) is 21.9 Å². The smallest absolute Gasteiger partial charge is 0.132 e. The Bertz CT molecular complexity index is 1490.